The Balaban J connectivity index is 2.53. The lowest BCUT2D eigenvalue weighted by molar-refractivity contribution is 0.626. The number of hydrogen-bond donors (Lipinski definition) is 1. The van der Waals surface area contributed by atoms with Gasteiger partial charge >= 0.3 is 0 Å². The van der Waals surface area contributed by atoms with Gasteiger partial charge in [-0.2, -0.15) is 0 Å². The maximum absolute atomic E-state index is 3.66. The lowest BCUT2D eigenvalue weighted by Crippen LogP contribution is -2.22. The van der Waals surface area contributed by atoms with E-state index in [-0.39, 0.29) is 6.04 Å². The molecule has 5 heteroatoms. The second-order valence-corrected chi connectivity index (χ2v) is 7.86. The van der Waals surface area contributed by atoms with Crippen molar-refractivity contribution in [3.8, 4) is 0 Å². The van der Waals surface area contributed by atoms with Crippen LogP contribution in [0.2, 0.25) is 0 Å². The first-order valence-electron chi connectivity index (χ1n) is 6.16. The Bertz CT molecular complexity index is 613. The quantitative estimate of drug-likeness (QED) is 0.484. The van der Waals surface area contributed by atoms with Crippen molar-refractivity contribution in [2.24, 2.45) is 0 Å². The minimum absolute atomic E-state index is 0.134. The van der Waals surface area contributed by atoms with Crippen LogP contribution in [-0.2, 0) is 0 Å². The molecular formula is C15H13Br4N. The van der Waals surface area contributed by atoms with E-state index in [4.69, 9.17) is 0 Å². The van der Waals surface area contributed by atoms with E-state index in [1.165, 1.54) is 11.1 Å². The van der Waals surface area contributed by atoms with Crippen LogP contribution in [0.3, 0.4) is 0 Å². The van der Waals surface area contributed by atoms with Crippen molar-refractivity contribution >= 4 is 63.7 Å². The van der Waals surface area contributed by atoms with E-state index in [1.807, 2.05) is 6.07 Å². The molecule has 1 unspecified atom stereocenters. The molecule has 0 aliphatic heterocycles. The fraction of sp³-hybridized carbons (Fsp3) is 0.200. The summed E-state index contributed by atoms with van der Waals surface area (Å²) in [5, 5.41) is 3.55. The van der Waals surface area contributed by atoms with Crippen molar-refractivity contribution in [1.29, 1.82) is 0 Å². The van der Waals surface area contributed by atoms with E-state index < -0.39 is 0 Å². The van der Waals surface area contributed by atoms with E-state index in [0.29, 0.717) is 0 Å². The number of hydrogen-bond acceptors (Lipinski definition) is 1. The fourth-order valence-corrected chi connectivity index (χ4v) is 4.19. The Morgan fingerprint density at radius 1 is 0.850 bits per heavy atom. The van der Waals surface area contributed by atoms with E-state index in [9.17, 15) is 0 Å². The van der Waals surface area contributed by atoms with Gasteiger partial charge in [0.1, 0.15) is 0 Å². The Kier molecular flexibility index (Phi) is 6.29. The highest BCUT2D eigenvalue weighted by Gasteiger charge is 2.18. The molecule has 0 aromatic heterocycles. The second kappa shape index (κ2) is 7.54. The molecule has 0 fully saturated rings. The molecule has 1 atom stereocenters. The van der Waals surface area contributed by atoms with E-state index >= 15 is 0 Å². The van der Waals surface area contributed by atoms with Crippen LogP contribution in [-0.4, -0.2) is 6.54 Å². The third kappa shape index (κ3) is 3.95. The predicted octanol–water partition coefficient (Wildman–Crippen LogP) is 6.44. The van der Waals surface area contributed by atoms with Crippen LogP contribution in [0.4, 0.5) is 0 Å². The topological polar surface area (TPSA) is 12.0 Å². The minimum Gasteiger partial charge on any atom is -0.306 e. The van der Waals surface area contributed by atoms with Gasteiger partial charge in [-0.1, -0.05) is 76.7 Å². The summed E-state index contributed by atoms with van der Waals surface area (Å²) in [7, 11) is 0. The molecular weight excluding hydrogens is 514 g/mol. The standard InChI is InChI=1S/C15H13Br4N/c1-2-20-15(11-5-3-10(17)8-14(11)19)12-7-9(16)4-6-13(12)18/h3-8,15,20H,2H2,1H3. The monoisotopic (exact) mass is 523 g/mol. The van der Waals surface area contributed by atoms with E-state index in [0.717, 1.165) is 24.4 Å². The summed E-state index contributed by atoms with van der Waals surface area (Å²) in [5.74, 6) is 0. The summed E-state index contributed by atoms with van der Waals surface area (Å²) >= 11 is 14.4. The van der Waals surface area contributed by atoms with Crippen molar-refractivity contribution in [3.05, 3.63) is 65.4 Å². The summed E-state index contributed by atoms with van der Waals surface area (Å²) in [6, 6.07) is 12.7. The molecule has 0 radical (unpaired) electrons. The molecule has 0 bridgehead atoms. The van der Waals surface area contributed by atoms with Gasteiger partial charge in [0.15, 0.2) is 0 Å². The molecule has 106 valence electrons. The maximum Gasteiger partial charge on any atom is 0.0599 e. The Morgan fingerprint density at radius 3 is 2.15 bits per heavy atom. The van der Waals surface area contributed by atoms with Gasteiger partial charge < -0.3 is 5.32 Å². The van der Waals surface area contributed by atoms with Crippen LogP contribution in [0.1, 0.15) is 24.1 Å². The summed E-state index contributed by atoms with van der Waals surface area (Å²) in [6.07, 6.45) is 0. The van der Waals surface area contributed by atoms with Gasteiger partial charge in [0.05, 0.1) is 6.04 Å². The van der Waals surface area contributed by atoms with E-state index in [1.54, 1.807) is 0 Å². The summed E-state index contributed by atoms with van der Waals surface area (Å²) < 4.78 is 4.33. The minimum atomic E-state index is 0.134. The molecule has 1 N–H and O–H groups in total. The van der Waals surface area contributed by atoms with Crippen molar-refractivity contribution in [3.63, 3.8) is 0 Å². The third-order valence-electron chi connectivity index (χ3n) is 2.95. The first kappa shape index (κ1) is 16.7. The summed E-state index contributed by atoms with van der Waals surface area (Å²) in [4.78, 5) is 0. The van der Waals surface area contributed by atoms with Crippen molar-refractivity contribution in [1.82, 2.24) is 5.32 Å². The normalized spacial score (nSPS) is 12.4. The van der Waals surface area contributed by atoms with Gasteiger partial charge in [0.25, 0.3) is 0 Å². The molecule has 0 aliphatic rings. The molecule has 0 spiro atoms. The zero-order valence-electron chi connectivity index (χ0n) is 10.8. The van der Waals surface area contributed by atoms with Crippen LogP contribution in [0.15, 0.2) is 54.3 Å². The largest absolute Gasteiger partial charge is 0.306 e. The Hall–Kier alpha value is 0.320. The second-order valence-electron chi connectivity index (χ2n) is 4.32. The van der Waals surface area contributed by atoms with Crippen molar-refractivity contribution in [2.75, 3.05) is 6.54 Å². The lowest BCUT2D eigenvalue weighted by atomic mass is 9.99. The third-order valence-corrected chi connectivity index (χ3v) is 5.35. The van der Waals surface area contributed by atoms with Gasteiger partial charge in [-0.25, -0.2) is 0 Å². The predicted molar refractivity (Wildman–Crippen MR) is 99.2 cm³/mol. The lowest BCUT2D eigenvalue weighted by Gasteiger charge is -2.22. The van der Waals surface area contributed by atoms with Gasteiger partial charge in [-0.3, -0.25) is 0 Å². The maximum atomic E-state index is 3.66. The average molecular weight is 527 g/mol. The number of nitrogens with one attached hydrogen (secondary N) is 1. The molecule has 0 aliphatic carbocycles. The molecule has 0 heterocycles. The molecule has 2 rings (SSSR count). The fourth-order valence-electron chi connectivity index (χ4n) is 2.06. The molecule has 0 saturated carbocycles. The molecule has 0 saturated heterocycles. The molecule has 1 nitrogen and oxygen atoms in total. The van der Waals surface area contributed by atoms with Crippen LogP contribution in [0.25, 0.3) is 0 Å². The summed E-state index contributed by atoms with van der Waals surface area (Å²) in [5.41, 5.74) is 2.43. The van der Waals surface area contributed by atoms with Crippen molar-refractivity contribution < 1.29 is 0 Å². The zero-order valence-corrected chi connectivity index (χ0v) is 17.1. The highest BCUT2D eigenvalue weighted by atomic mass is 79.9. The SMILES string of the molecule is CCNC(c1ccc(Br)cc1Br)c1cc(Br)ccc1Br. The number of rotatable bonds is 4. The van der Waals surface area contributed by atoms with Crippen molar-refractivity contribution in [2.45, 2.75) is 13.0 Å². The van der Waals surface area contributed by atoms with Crippen LogP contribution >= 0.6 is 63.7 Å². The highest BCUT2D eigenvalue weighted by Crippen LogP contribution is 2.35. The van der Waals surface area contributed by atoms with Gasteiger partial charge in [0, 0.05) is 17.9 Å². The van der Waals surface area contributed by atoms with Crippen LogP contribution in [0, 0.1) is 0 Å². The smallest absolute Gasteiger partial charge is 0.0599 e. The van der Waals surface area contributed by atoms with Gasteiger partial charge in [0.2, 0.25) is 0 Å². The first-order chi connectivity index (χ1) is 9.52. The molecule has 0 amide bonds. The number of halogens is 4. The first-order valence-corrected chi connectivity index (χ1v) is 9.33. The average Bonchev–Trinajstić information content (AvgIpc) is 2.40. The number of benzene rings is 2. The van der Waals surface area contributed by atoms with Crippen LogP contribution in [0.5, 0.6) is 0 Å². The summed E-state index contributed by atoms with van der Waals surface area (Å²) in [6.45, 7) is 3.01. The van der Waals surface area contributed by atoms with Gasteiger partial charge in [-0.05, 0) is 48.0 Å². The molecule has 2 aromatic carbocycles. The Morgan fingerprint density at radius 2 is 1.50 bits per heavy atom. The highest BCUT2D eigenvalue weighted by molar-refractivity contribution is 9.11. The molecule has 20 heavy (non-hydrogen) atoms. The Labute approximate surface area is 153 Å². The van der Waals surface area contributed by atoms with E-state index in [2.05, 4.69) is 106 Å². The zero-order chi connectivity index (χ0) is 14.7. The van der Waals surface area contributed by atoms with Gasteiger partial charge in [-0.15, -0.1) is 0 Å². The molecule has 2 aromatic rings. The van der Waals surface area contributed by atoms with Crippen LogP contribution < -0.4 is 5.32 Å².